The van der Waals surface area contributed by atoms with Crippen molar-refractivity contribution in [1.29, 1.82) is 0 Å². The summed E-state index contributed by atoms with van der Waals surface area (Å²) < 4.78 is 0. The third-order valence-corrected chi connectivity index (χ3v) is 3.82. The van der Waals surface area contributed by atoms with Gasteiger partial charge >= 0.3 is 0 Å². The van der Waals surface area contributed by atoms with Crippen LogP contribution in [-0.2, 0) is 6.54 Å². The van der Waals surface area contributed by atoms with Crippen LogP contribution in [0.15, 0.2) is 42.6 Å². The van der Waals surface area contributed by atoms with Crippen molar-refractivity contribution in [3.63, 3.8) is 0 Å². The molecule has 0 aliphatic rings. The number of nitrogens with one attached hydrogen (secondary N) is 2. The number of hydrogen-bond acceptors (Lipinski definition) is 1. The summed E-state index contributed by atoms with van der Waals surface area (Å²) in [4.78, 5) is 3.26. The van der Waals surface area contributed by atoms with Crippen LogP contribution < -0.4 is 5.32 Å². The highest BCUT2D eigenvalue weighted by Crippen LogP contribution is 2.24. The van der Waals surface area contributed by atoms with Crippen molar-refractivity contribution >= 4 is 16.6 Å². The van der Waals surface area contributed by atoms with Crippen molar-refractivity contribution in [3.05, 3.63) is 64.8 Å². The fourth-order valence-corrected chi connectivity index (χ4v) is 2.95. The number of benzene rings is 2. The molecule has 0 radical (unpaired) electrons. The van der Waals surface area contributed by atoms with E-state index in [2.05, 4.69) is 67.5 Å². The normalized spacial score (nSPS) is 10.9. The molecule has 2 N–H and O–H groups in total. The number of aromatic amines is 1. The van der Waals surface area contributed by atoms with E-state index >= 15 is 0 Å². The summed E-state index contributed by atoms with van der Waals surface area (Å²) in [5.74, 6) is 0. The second-order valence-corrected chi connectivity index (χ2v) is 5.48. The Balaban J connectivity index is 1.89. The molecule has 0 fully saturated rings. The van der Waals surface area contributed by atoms with Crippen LogP contribution >= 0.6 is 0 Å². The standard InChI is InChI=1S/C18H20N2/c1-12-9-13(2)18(14(3)10-12)20-11-15-5-4-6-17-16(15)7-8-19-17/h4-10,19-20H,11H2,1-3H3. The Hall–Kier alpha value is -2.22. The molecule has 0 aliphatic carbocycles. The van der Waals surface area contributed by atoms with Crippen LogP contribution in [0.4, 0.5) is 5.69 Å². The predicted octanol–water partition coefficient (Wildman–Crippen LogP) is 4.71. The van der Waals surface area contributed by atoms with Gasteiger partial charge in [0.2, 0.25) is 0 Å². The van der Waals surface area contributed by atoms with Crippen molar-refractivity contribution < 1.29 is 0 Å². The highest BCUT2D eigenvalue weighted by atomic mass is 14.9. The first-order valence-electron chi connectivity index (χ1n) is 7.02. The van der Waals surface area contributed by atoms with E-state index in [1.165, 1.54) is 38.8 Å². The highest BCUT2D eigenvalue weighted by molar-refractivity contribution is 5.83. The van der Waals surface area contributed by atoms with Crippen LogP contribution in [0, 0.1) is 20.8 Å². The molecule has 2 nitrogen and oxygen atoms in total. The monoisotopic (exact) mass is 264 g/mol. The van der Waals surface area contributed by atoms with Crippen LogP contribution in [0.2, 0.25) is 0 Å². The fourth-order valence-electron chi connectivity index (χ4n) is 2.95. The number of fused-ring (bicyclic) bond motifs is 1. The van der Waals surface area contributed by atoms with Gasteiger partial charge < -0.3 is 10.3 Å². The molecule has 3 aromatic rings. The number of aromatic nitrogens is 1. The average Bonchev–Trinajstić information content (AvgIpc) is 2.86. The lowest BCUT2D eigenvalue weighted by molar-refractivity contribution is 1.14. The molecule has 0 bridgehead atoms. The van der Waals surface area contributed by atoms with Crippen LogP contribution in [-0.4, -0.2) is 4.98 Å². The highest BCUT2D eigenvalue weighted by Gasteiger charge is 2.05. The van der Waals surface area contributed by atoms with Crippen molar-refractivity contribution in [2.75, 3.05) is 5.32 Å². The third-order valence-electron chi connectivity index (χ3n) is 3.82. The van der Waals surface area contributed by atoms with Crippen molar-refractivity contribution in [2.24, 2.45) is 0 Å². The zero-order valence-electron chi connectivity index (χ0n) is 12.2. The van der Waals surface area contributed by atoms with Gasteiger partial charge in [0.05, 0.1) is 0 Å². The number of aryl methyl sites for hydroxylation is 3. The molecule has 1 heterocycles. The molecule has 3 rings (SSSR count). The summed E-state index contributed by atoms with van der Waals surface area (Å²) in [5.41, 5.74) is 7.71. The van der Waals surface area contributed by atoms with Gasteiger partial charge in [-0.3, -0.25) is 0 Å². The van der Waals surface area contributed by atoms with Crippen LogP contribution in [0.5, 0.6) is 0 Å². The van der Waals surface area contributed by atoms with E-state index in [-0.39, 0.29) is 0 Å². The zero-order valence-corrected chi connectivity index (χ0v) is 12.2. The van der Waals surface area contributed by atoms with Gasteiger partial charge in [0.1, 0.15) is 0 Å². The Morgan fingerprint density at radius 1 is 1.00 bits per heavy atom. The Morgan fingerprint density at radius 3 is 2.50 bits per heavy atom. The second-order valence-electron chi connectivity index (χ2n) is 5.48. The maximum absolute atomic E-state index is 3.59. The van der Waals surface area contributed by atoms with Gasteiger partial charge in [-0.25, -0.2) is 0 Å². The van der Waals surface area contributed by atoms with Crippen LogP contribution in [0.25, 0.3) is 10.9 Å². The molecule has 2 heteroatoms. The van der Waals surface area contributed by atoms with Gasteiger partial charge in [0, 0.05) is 29.3 Å². The molecule has 0 atom stereocenters. The summed E-state index contributed by atoms with van der Waals surface area (Å²) >= 11 is 0. The van der Waals surface area contributed by atoms with Gasteiger partial charge in [-0.1, -0.05) is 29.8 Å². The van der Waals surface area contributed by atoms with Gasteiger partial charge in [-0.15, -0.1) is 0 Å². The van der Waals surface area contributed by atoms with Gasteiger partial charge in [-0.05, 0) is 49.6 Å². The molecule has 20 heavy (non-hydrogen) atoms. The minimum absolute atomic E-state index is 0.847. The van der Waals surface area contributed by atoms with Crippen LogP contribution in [0.3, 0.4) is 0 Å². The Morgan fingerprint density at radius 2 is 1.75 bits per heavy atom. The summed E-state index contributed by atoms with van der Waals surface area (Å²) in [6.45, 7) is 7.32. The van der Waals surface area contributed by atoms with E-state index in [0.29, 0.717) is 0 Å². The second kappa shape index (κ2) is 5.04. The molecular formula is C18H20N2. The first kappa shape index (κ1) is 12.8. The Bertz CT molecular complexity index is 730. The molecule has 0 saturated heterocycles. The molecule has 0 spiro atoms. The fraction of sp³-hybridized carbons (Fsp3) is 0.222. The molecule has 2 aromatic carbocycles. The average molecular weight is 264 g/mol. The summed E-state index contributed by atoms with van der Waals surface area (Å²) in [6, 6.07) is 13.0. The SMILES string of the molecule is Cc1cc(C)c(NCc2cccc3[nH]ccc23)c(C)c1. The molecule has 0 amide bonds. The summed E-state index contributed by atoms with van der Waals surface area (Å²) in [6.07, 6.45) is 2.00. The van der Waals surface area contributed by atoms with E-state index < -0.39 is 0 Å². The van der Waals surface area contributed by atoms with E-state index in [4.69, 9.17) is 0 Å². The van der Waals surface area contributed by atoms with E-state index in [0.717, 1.165) is 6.54 Å². The minimum Gasteiger partial charge on any atom is -0.381 e. The van der Waals surface area contributed by atoms with Gasteiger partial charge in [0.15, 0.2) is 0 Å². The van der Waals surface area contributed by atoms with Crippen molar-refractivity contribution in [3.8, 4) is 0 Å². The molecule has 0 saturated carbocycles. The van der Waals surface area contributed by atoms with Crippen LogP contribution in [0.1, 0.15) is 22.3 Å². The first-order valence-corrected chi connectivity index (χ1v) is 7.02. The summed E-state index contributed by atoms with van der Waals surface area (Å²) in [5, 5.41) is 4.89. The molecule has 1 aromatic heterocycles. The first-order chi connectivity index (χ1) is 9.65. The Labute approximate surface area is 119 Å². The Kier molecular flexibility index (Phi) is 3.23. The summed E-state index contributed by atoms with van der Waals surface area (Å²) in [7, 11) is 0. The maximum atomic E-state index is 3.59. The van der Waals surface area contributed by atoms with Crippen molar-refractivity contribution in [1.82, 2.24) is 4.98 Å². The van der Waals surface area contributed by atoms with Gasteiger partial charge in [-0.2, -0.15) is 0 Å². The number of anilines is 1. The smallest absolute Gasteiger partial charge is 0.0457 e. The van der Waals surface area contributed by atoms with E-state index in [1.807, 2.05) is 6.20 Å². The minimum atomic E-state index is 0.847. The lowest BCUT2D eigenvalue weighted by Gasteiger charge is -2.14. The van der Waals surface area contributed by atoms with E-state index in [9.17, 15) is 0 Å². The number of rotatable bonds is 3. The number of H-pyrrole nitrogens is 1. The molecule has 102 valence electrons. The third kappa shape index (κ3) is 2.29. The predicted molar refractivity (Wildman–Crippen MR) is 86.3 cm³/mol. The molecule has 0 aliphatic heterocycles. The van der Waals surface area contributed by atoms with Crippen molar-refractivity contribution in [2.45, 2.75) is 27.3 Å². The lowest BCUT2D eigenvalue weighted by Crippen LogP contribution is -2.03. The van der Waals surface area contributed by atoms with Gasteiger partial charge in [0.25, 0.3) is 0 Å². The molecular weight excluding hydrogens is 244 g/mol. The number of hydrogen-bond donors (Lipinski definition) is 2. The molecule has 0 unspecified atom stereocenters. The zero-order chi connectivity index (χ0) is 14.1. The van der Waals surface area contributed by atoms with E-state index in [1.54, 1.807) is 0 Å². The maximum Gasteiger partial charge on any atom is 0.0457 e. The topological polar surface area (TPSA) is 27.8 Å². The largest absolute Gasteiger partial charge is 0.381 e. The quantitative estimate of drug-likeness (QED) is 0.704. The lowest BCUT2D eigenvalue weighted by atomic mass is 10.0.